The van der Waals surface area contributed by atoms with Crippen LogP contribution >= 0.6 is 0 Å². The zero-order valence-corrected chi connectivity index (χ0v) is 15.4. The predicted molar refractivity (Wildman–Crippen MR) is 90.1 cm³/mol. The number of nitrogens with one attached hydrogen (secondary N) is 1. The third-order valence-electron chi connectivity index (χ3n) is 4.14. The van der Waals surface area contributed by atoms with Crippen LogP contribution in [0.3, 0.4) is 0 Å². The van der Waals surface area contributed by atoms with Gasteiger partial charge in [-0.3, -0.25) is 9.69 Å². The van der Waals surface area contributed by atoms with Gasteiger partial charge in [0.25, 0.3) is 0 Å². The lowest BCUT2D eigenvalue weighted by molar-refractivity contribution is -0.143. The molecule has 0 bridgehead atoms. The molecule has 29 heavy (non-hydrogen) atoms. The average Bonchev–Trinajstić information content (AvgIpc) is 2.60. The van der Waals surface area contributed by atoms with Gasteiger partial charge in [0.2, 0.25) is 5.91 Å². The summed E-state index contributed by atoms with van der Waals surface area (Å²) in [7, 11) is 0. The largest absolute Gasteiger partial charge is 0.450 e. The van der Waals surface area contributed by atoms with E-state index in [1.54, 1.807) is 11.8 Å². The molecule has 0 saturated carbocycles. The number of amides is 2. The maximum Gasteiger partial charge on any atom is 0.416 e. The van der Waals surface area contributed by atoms with Crippen molar-refractivity contribution >= 4 is 17.7 Å². The zero-order chi connectivity index (χ0) is 21.8. The summed E-state index contributed by atoms with van der Waals surface area (Å²) in [6.07, 6.45) is -10.5. The van der Waals surface area contributed by atoms with Crippen LogP contribution in [0.4, 0.5) is 36.8 Å². The highest BCUT2D eigenvalue weighted by Gasteiger charge is 2.37. The van der Waals surface area contributed by atoms with E-state index in [1.807, 2.05) is 0 Å². The molecule has 0 spiro atoms. The van der Waals surface area contributed by atoms with Crippen LogP contribution in [0.1, 0.15) is 18.1 Å². The van der Waals surface area contributed by atoms with Crippen LogP contribution in [0.2, 0.25) is 0 Å². The number of carbonyl (C=O) groups excluding carboxylic acids is 2. The number of hydrogen-bond acceptors (Lipinski definition) is 4. The van der Waals surface area contributed by atoms with E-state index in [0.717, 1.165) is 0 Å². The van der Waals surface area contributed by atoms with Crippen molar-refractivity contribution in [3.63, 3.8) is 0 Å². The highest BCUT2D eigenvalue weighted by atomic mass is 19.4. The third kappa shape index (κ3) is 6.51. The van der Waals surface area contributed by atoms with Gasteiger partial charge in [-0.15, -0.1) is 0 Å². The Balaban J connectivity index is 2.01. The van der Waals surface area contributed by atoms with Gasteiger partial charge in [-0.2, -0.15) is 26.3 Å². The molecule has 1 saturated heterocycles. The maximum atomic E-state index is 12.9. The van der Waals surface area contributed by atoms with E-state index in [-0.39, 0.29) is 32.3 Å². The molecule has 0 atom stereocenters. The van der Waals surface area contributed by atoms with Crippen molar-refractivity contribution in [2.45, 2.75) is 19.3 Å². The van der Waals surface area contributed by atoms with Crippen molar-refractivity contribution in [1.82, 2.24) is 9.80 Å². The van der Waals surface area contributed by atoms with E-state index in [1.165, 1.54) is 4.90 Å². The summed E-state index contributed by atoms with van der Waals surface area (Å²) in [4.78, 5) is 26.8. The molecule has 1 heterocycles. The van der Waals surface area contributed by atoms with Gasteiger partial charge < -0.3 is 15.0 Å². The zero-order valence-electron chi connectivity index (χ0n) is 15.4. The highest BCUT2D eigenvalue weighted by molar-refractivity contribution is 5.92. The summed E-state index contributed by atoms with van der Waals surface area (Å²) in [5, 5.41) is 2.08. The number of ether oxygens (including phenoxy) is 1. The number of anilines is 1. The minimum atomic E-state index is -5.00. The molecule has 0 aliphatic carbocycles. The van der Waals surface area contributed by atoms with E-state index >= 15 is 0 Å². The van der Waals surface area contributed by atoms with Crippen LogP contribution in [-0.4, -0.2) is 61.1 Å². The lowest BCUT2D eigenvalue weighted by Crippen LogP contribution is -2.50. The number of benzene rings is 1. The Morgan fingerprint density at radius 2 is 1.48 bits per heavy atom. The molecular weight excluding hydrogens is 408 g/mol. The van der Waals surface area contributed by atoms with E-state index in [4.69, 9.17) is 4.74 Å². The monoisotopic (exact) mass is 427 g/mol. The van der Waals surface area contributed by atoms with Crippen molar-refractivity contribution in [3.05, 3.63) is 29.3 Å². The van der Waals surface area contributed by atoms with Gasteiger partial charge in [0.15, 0.2) is 0 Å². The molecule has 0 radical (unpaired) electrons. The number of halogens is 6. The van der Waals surface area contributed by atoms with Crippen LogP contribution in [0.5, 0.6) is 0 Å². The van der Waals surface area contributed by atoms with Crippen molar-refractivity contribution in [1.29, 1.82) is 0 Å². The topological polar surface area (TPSA) is 61.9 Å². The lowest BCUT2D eigenvalue weighted by Gasteiger charge is -2.33. The first-order chi connectivity index (χ1) is 13.4. The Kier molecular flexibility index (Phi) is 6.98. The second-order valence-electron chi connectivity index (χ2n) is 6.30. The van der Waals surface area contributed by atoms with Crippen LogP contribution in [0, 0.1) is 0 Å². The molecule has 1 aromatic rings. The van der Waals surface area contributed by atoms with Gasteiger partial charge >= 0.3 is 18.4 Å². The summed E-state index contributed by atoms with van der Waals surface area (Å²) in [6, 6.07) is 0.891. The second-order valence-corrected chi connectivity index (χ2v) is 6.30. The summed E-state index contributed by atoms with van der Waals surface area (Å²) in [6.45, 7) is 2.83. The summed E-state index contributed by atoms with van der Waals surface area (Å²) < 4.78 is 82.1. The molecular formula is C17H19F6N3O3. The Hall–Kier alpha value is -2.50. The number of alkyl halides is 6. The van der Waals surface area contributed by atoms with Gasteiger partial charge in [0.1, 0.15) is 0 Å². The molecule has 1 fully saturated rings. The molecule has 2 rings (SSSR count). The van der Waals surface area contributed by atoms with Crippen molar-refractivity contribution in [2.24, 2.45) is 0 Å². The average molecular weight is 427 g/mol. The van der Waals surface area contributed by atoms with Crippen molar-refractivity contribution < 1.29 is 40.7 Å². The number of hydrogen-bond donors (Lipinski definition) is 1. The minimum Gasteiger partial charge on any atom is -0.450 e. The molecule has 1 N–H and O–H groups in total. The quantitative estimate of drug-likeness (QED) is 0.748. The number of nitrogens with zero attached hydrogens (tertiary/aromatic N) is 2. The van der Waals surface area contributed by atoms with Gasteiger partial charge in [-0.1, -0.05) is 0 Å². The fourth-order valence-electron chi connectivity index (χ4n) is 2.73. The smallest absolute Gasteiger partial charge is 0.416 e. The Labute approximate surface area is 162 Å². The standard InChI is InChI=1S/C17H19F6N3O3/c1-2-29-15(28)26-5-3-25(4-6-26)10-14(27)24-13-8-11(16(18,19)20)7-12(9-13)17(21,22)23/h7-9H,2-6,10H2,1H3,(H,24,27). The van der Waals surface area contributed by atoms with Gasteiger partial charge in [0.05, 0.1) is 24.3 Å². The van der Waals surface area contributed by atoms with Crippen LogP contribution in [0.15, 0.2) is 18.2 Å². The first-order valence-corrected chi connectivity index (χ1v) is 8.63. The molecule has 1 aliphatic heterocycles. The Morgan fingerprint density at radius 3 is 1.93 bits per heavy atom. The number of rotatable bonds is 4. The SMILES string of the molecule is CCOC(=O)N1CCN(CC(=O)Nc2cc(C(F)(F)F)cc(C(F)(F)F)c2)CC1. The van der Waals surface area contributed by atoms with Gasteiger partial charge in [-0.25, -0.2) is 4.79 Å². The normalized spacial score (nSPS) is 15.9. The molecule has 162 valence electrons. The van der Waals surface area contributed by atoms with E-state index in [9.17, 15) is 35.9 Å². The van der Waals surface area contributed by atoms with E-state index < -0.39 is 41.2 Å². The van der Waals surface area contributed by atoms with E-state index in [2.05, 4.69) is 5.32 Å². The van der Waals surface area contributed by atoms with Crippen LogP contribution in [-0.2, 0) is 21.9 Å². The van der Waals surface area contributed by atoms with Crippen molar-refractivity contribution in [3.8, 4) is 0 Å². The molecule has 2 amide bonds. The summed E-state index contributed by atoms with van der Waals surface area (Å²) in [5.74, 6) is -0.762. The molecule has 0 unspecified atom stereocenters. The maximum absolute atomic E-state index is 12.9. The highest BCUT2D eigenvalue weighted by Crippen LogP contribution is 2.37. The number of piperazine rings is 1. The van der Waals surface area contributed by atoms with Gasteiger partial charge in [0, 0.05) is 31.9 Å². The Bertz CT molecular complexity index is 711. The fraction of sp³-hybridized carbons (Fsp3) is 0.529. The summed E-state index contributed by atoms with van der Waals surface area (Å²) >= 11 is 0. The molecule has 12 heteroatoms. The Morgan fingerprint density at radius 1 is 0.966 bits per heavy atom. The molecule has 6 nitrogen and oxygen atoms in total. The minimum absolute atomic E-state index is 0.00966. The first-order valence-electron chi connectivity index (χ1n) is 8.63. The lowest BCUT2D eigenvalue weighted by atomic mass is 10.1. The van der Waals surface area contributed by atoms with Crippen LogP contribution in [0.25, 0.3) is 0 Å². The molecule has 1 aromatic carbocycles. The van der Waals surface area contributed by atoms with Crippen molar-refractivity contribution in [2.75, 3.05) is 44.6 Å². The second kappa shape index (κ2) is 8.89. The van der Waals surface area contributed by atoms with E-state index in [0.29, 0.717) is 25.2 Å². The predicted octanol–water partition coefficient (Wildman–Crippen LogP) is 3.44. The fourth-order valence-corrected chi connectivity index (χ4v) is 2.73. The van der Waals surface area contributed by atoms with Crippen LogP contribution < -0.4 is 5.32 Å². The number of carbonyl (C=O) groups is 2. The molecule has 1 aliphatic rings. The first kappa shape index (κ1) is 22.8. The van der Waals surface area contributed by atoms with Gasteiger partial charge in [-0.05, 0) is 25.1 Å². The third-order valence-corrected chi connectivity index (χ3v) is 4.14. The summed E-state index contributed by atoms with van der Waals surface area (Å²) in [5.41, 5.74) is -3.61. The molecule has 0 aromatic heterocycles.